The quantitative estimate of drug-likeness (QED) is 0.481. The number of alkyl halides is 3. The third-order valence-corrected chi connectivity index (χ3v) is 5.79. The summed E-state index contributed by atoms with van der Waals surface area (Å²) in [6, 6.07) is 5.35. The maximum atomic E-state index is 14.1. The predicted molar refractivity (Wildman–Crippen MR) is 105 cm³/mol. The van der Waals surface area contributed by atoms with Crippen LogP contribution in [0.25, 0.3) is 5.82 Å². The summed E-state index contributed by atoms with van der Waals surface area (Å²) in [5.74, 6) is 0.168. The summed E-state index contributed by atoms with van der Waals surface area (Å²) < 4.78 is 43.7. The van der Waals surface area contributed by atoms with Crippen molar-refractivity contribution in [2.45, 2.75) is 18.2 Å². The Labute approximate surface area is 187 Å². The lowest BCUT2D eigenvalue weighted by Gasteiger charge is -2.29. The number of pyridine rings is 1. The molecule has 0 N–H and O–H groups in total. The van der Waals surface area contributed by atoms with E-state index in [4.69, 9.17) is 39.6 Å². The first-order valence-electron chi connectivity index (χ1n) is 8.38. The second-order valence-electron chi connectivity index (χ2n) is 6.43. The molecule has 1 aliphatic heterocycles. The van der Waals surface area contributed by atoms with Gasteiger partial charge in [-0.2, -0.15) is 23.5 Å². The number of rotatable bonds is 3. The van der Waals surface area contributed by atoms with Gasteiger partial charge in [0, 0.05) is 17.3 Å². The van der Waals surface area contributed by atoms with Gasteiger partial charge in [0.25, 0.3) is 5.60 Å². The number of nitrogens with zero attached hydrogens (tertiary/aromatic N) is 6. The topological polar surface area (TPSA) is 89.0 Å². The van der Waals surface area contributed by atoms with Crippen LogP contribution in [0.3, 0.4) is 0 Å². The van der Waals surface area contributed by atoms with Crippen LogP contribution in [0.4, 0.5) is 13.2 Å². The maximum absolute atomic E-state index is 14.1. The predicted octanol–water partition coefficient (Wildman–Crippen LogP) is 5.08. The van der Waals surface area contributed by atoms with Crippen molar-refractivity contribution in [2.75, 3.05) is 0 Å². The molecule has 3 heterocycles. The van der Waals surface area contributed by atoms with Crippen LogP contribution in [0.5, 0.6) is 0 Å². The SMILES string of the molecule is N#Cc1cc(C2=NOC(c3cc(Cl)c(Cl)c(Cl)c3)(C(F)(F)F)C2)cnc1-n1cncn1. The molecule has 31 heavy (non-hydrogen) atoms. The molecule has 3 aromatic rings. The van der Waals surface area contributed by atoms with Gasteiger partial charge in [0.05, 0.1) is 32.8 Å². The van der Waals surface area contributed by atoms with Gasteiger partial charge in [-0.15, -0.1) is 0 Å². The van der Waals surface area contributed by atoms with Gasteiger partial charge in [-0.25, -0.2) is 14.6 Å². The van der Waals surface area contributed by atoms with Gasteiger partial charge in [0.1, 0.15) is 18.7 Å². The van der Waals surface area contributed by atoms with E-state index in [0.29, 0.717) is 0 Å². The maximum Gasteiger partial charge on any atom is 0.435 e. The van der Waals surface area contributed by atoms with Crippen LogP contribution in [0.1, 0.15) is 23.1 Å². The van der Waals surface area contributed by atoms with Gasteiger partial charge in [-0.1, -0.05) is 40.0 Å². The molecule has 0 radical (unpaired) electrons. The third kappa shape index (κ3) is 3.59. The number of benzene rings is 1. The first kappa shape index (κ1) is 21.4. The van der Waals surface area contributed by atoms with Crippen molar-refractivity contribution >= 4 is 40.5 Å². The molecule has 13 heteroatoms. The highest BCUT2D eigenvalue weighted by Crippen LogP contribution is 2.50. The Balaban J connectivity index is 1.75. The summed E-state index contributed by atoms with van der Waals surface area (Å²) in [7, 11) is 0. The summed E-state index contributed by atoms with van der Waals surface area (Å²) in [4.78, 5) is 12.8. The van der Waals surface area contributed by atoms with Gasteiger partial charge in [-0.05, 0) is 18.2 Å². The van der Waals surface area contributed by atoms with Crippen LogP contribution in [0.15, 0.2) is 42.2 Å². The lowest BCUT2D eigenvalue weighted by molar-refractivity contribution is -0.275. The molecule has 1 atom stereocenters. The van der Waals surface area contributed by atoms with E-state index in [1.165, 1.54) is 29.6 Å². The Hall–Kier alpha value is -2.87. The lowest BCUT2D eigenvalue weighted by atomic mass is 9.86. The molecular weight excluding hydrogens is 480 g/mol. The molecule has 0 fully saturated rings. The Morgan fingerprint density at radius 1 is 1.16 bits per heavy atom. The van der Waals surface area contributed by atoms with E-state index in [1.54, 1.807) is 0 Å². The first-order valence-corrected chi connectivity index (χ1v) is 9.52. The van der Waals surface area contributed by atoms with Gasteiger partial charge < -0.3 is 4.84 Å². The van der Waals surface area contributed by atoms with Gasteiger partial charge >= 0.3 is 6.18 Å². The Bertz CT molecular complexity index is 1220. The van der Waals surface area contributed by atoms with Crippen molar-refractivity contribution in [2.24, 2.45) is 5.16 Å². The Kier molecular flexibility index (Phi) is 5.29. The molecule has 1 unspecified atom stereocenters. The lowest BCUT2D eigenvalue weighted by Crippen LogP contribution is -2.42. The highest BCUT2D eigenvalue weighted by molar-refractivity contribution is 6.48. The summed E-state index contributed by atoms with van der Waals surface area (Å²) in [5, 5.41) is 16.6. The van der Waals surface area contributed by atoms with Crippen LogP contribution in [0.2, 0.25) is 15.1 Å². The van der Waals surface area contributed by atoms with Crippen LogP contribution in [0, 0.1) is 11.3 Å². The van der Waals surface area contributed by atoms with E-state index in [2.05, 4.69) is 20.2 Å². The minimum Gasteiger partial charge on any atom is -0.374 e. The standard InChI is InChI=1S/C18H8Cl3F3N6O/c19-12-2-11(3-13(20)15(12)21)17(18(22,23)24)4-14(29-31-17)10-1-9(5-25)16(27-6-10)30-8-26-7-28-30/h1-3,6-8H,4H2. The van der Waals surface area contributed by atoms with Gasteiger partial charge in [0.2, 0.25) is 0 Å². The zero-order valence-corrected chi connectivity index (χ0v) is 17.3. The highest BCUT2D eigenvalue weighted by Gasteiger charge is 2.62. The Morgan fingerprint density at radius 2 is 1.87 bits per heavy atom. The molecule has 0 spiro atoms. The summed E-state index contributed by atoms with van der Waals surface area (Å²) in [6.07, 6.45) is -1.70. The number of oxime groups is 1. The van der Waals surface area contributed by atoms with E-state index in [0.717, 1.165) is 12.1 Å². The largest absolute Gasteiger partial charge is 0.435 e. The molecular formula is C18H8Cl3F3N6O. The zero-order valence-electron chi connectivity index (χ0n) is 15.0. The van der Waals surface area contributed by atoms with E-state index < -0.39 is 18.2 Å². The van der Waals surface area contributed by atoms with E-state index in [1.807, 2.05) is 6.07 Å². The smallest absolute Gasteiger partial charge is 0.374 e. The second-order valence-corrected chi connectivity index (χ2v) is 7.62. The van der Waals surface area contributed by atoms with Crippen molar-refractivity contribution in [3.8, 4) is 11.9 Å². The number of aromatic nitrogens is 4. The number of nitriles is 1. The molecule has 0 aliphatic carbocycles. The molecule has 7 nitrogen and oxygen atoms in total. The molecule has 1 aliphatic rings. The fraction of sp³-hybridized carbons (Fsp3) is 0.167. The first-order chi connectivity index (χ1) is 14.7. The zero-order chi connectivity index (χ0) is 22.4. The van der Waals surface area contributed by atoms with Crippen molar-refractivity contribution in [3.05, 3.63) is 68.8 Å². The minimum atomic E-state index is -4.87. The van der Waals surface area contributed by atoms with Crippen molar-refractivity contribution < 1.29 is 18.0 Å². The fourth-order valence-electron chi connectivity index (χ4n) is 3.05. The Morgan fingerprint density at radius 3 is 2.45 bits per heavy atom. The summed E-state index contributed by atoms with van der Waals surface area (Å²) in [5.41, 5.74) is -3.01. The van der Waals surface area contributed by atoms with Crippen molar-refractivity contribution in [3.63, 3.8) is 0 Å². The fourth-order valence-corrected chi connectivity index (χ4v) is 3.64. The van der Waals surface area contributed by atoms with Crippen molar-refractivity contribution in [1.29, 1.82) is 5.26 Å². The normalized spacial score (nSPS) is 18.4. The third-order valence-electron chi connectivity index (χ3n) is 4.59. The van der Waals surface area contributed by atoms with Gasteiger partial charge in [0.15, 0.2) is 5.82 Å². The second kappa shape index (κ2) is 7.67. The highest BCUT2D eigenvalue weighted by atomic mass is 35.5. The summed E-state index contributed by atoms with van der Waals surface area (Å²) in [6.45, 7) is 0. The van der Waals surface area contributed by atoms with E-state index >= 15 is 0 Å². The molecule has 0 saturated heterocycles. The van der Waals surface area contributed by atoms with Gasteiger partial charge in [-0.3, -0.25) is 0 Å². The average Bonchev–Trinajstić information content (AvgIpc) is 3.41. The molecule has 1 aromatic carbocycles. The molecule has 0 saturated carbocycles. The van der Waals surface area contributed by atoms with Crippen LogP contribution < -0.4 is 0 Å². The number of halogens is 6. The van der Waals surface area contributed by atoms with Crippen LogP contribution >= 0.6 is 34.8 Å². The molecule has 0 bridgehead atoms. The molecule has 0 amide bonds. The number of hydrogen-bond donors (Lipinski definition) is 0. The summed E-state index contributed by atoms with van der Waals surface area (Å²) >= 11 is 17.7. The minimum absolute atomic E-state index is 0.0614. The average molecular weight is 488 g/mol. The molecule has 2 aromatic heterocycles. The van der Waals surface area contributed by atoms with Crippen LogP contribution in [-0.2, 0) is 10.4 Å². The molecule has 4 rings (SSSR count). The van der Waals surface area contributed by atoms with E-state index in [9.17, 15) is 18.4 Å². The van der Waals surface area contributed by atoms with Crippen LogP contribution in [-0.4, -0.2) is 31.6 Å². The monoisotopic (exact) mass is 486 g/mol. The van der Waals surface area contributed by atoms with E-state index in [-0.39, 0.29) is 43.3 Å². The van der Waals surface area contributed by atoms with Crippen molar-refractivity contribution in [1.82, 2.24) is 19.7 Å². The molecule has 158 valence electrons. The number of hydrogen-bond acceptors (Lipinski definition) is 6.